The summed E-state index contributed by atoms with van der Waals surface area (Å²) in [6.07, 6.45) is 1.36. The van der Waals surface area contributed by atoms with Crippen LogP contribution in [0.4, 0.5) is 11.5 Å². The van der Waals surface area contributed by atoms with Gasteiger partial charge in [0.2, 0.25) is 0 Å². The number of nitrogen functional groups attached to an aromatic ring is 1. The van der Waals surface area contributed by atoms with Crippen molar-refractivity contribution in [2.75, 3.05) is 12.8 Å². The number of ether oxygens (including phenoxy) is 1. The number of benzene rings is 2. The molecule has 0 radical (unpaired) electrons. The lowest BCUT2D eigenvalue weighted by molar-refractivity contribution is -0.383. The van der Waals surface area contributed by atoms with E-state index in [2.05, 4.69) is 9.97 Å². The molecule has 3 rings (SSSR count). The van der Waals surface area contributed by atoms with E-state index in [-0.39, 0.29) is 11.4 Å². The molecule has 0 aliphatic heterocycles. The van der Waals surface area contributed by atoms with Crippen molar-refractivity contribution in [2.45, 2.75) is 0 Å². The fraction of sp³-hybridized carbons (Fsp3) is 0.0769. The third-order valence-electron chi connectivity index (χ3n) is 3.17. The Bertz CT molecular complexity index is 848. The SMILES string of the molecule is COc1ccc2c(ccc3ncnc(N)c32)c1[N+](=O)[O-]. The summed E-state index contributed by atoms with van der Waals surface area (Å²) in [7, 11) is 1.40. The highest BCUT2D eigenvalue weighted by molar-refractivity contribution is 6.13. The van der Waals surface area contributed by atoms with Crippen LogP contribution >= 0.6 is 0 Å². The van der Waals surface area contributed by atoms with Gasteiger partial charge in [-0.1, -0.05) is 0 Å². The van der Waals surface area contributed by atoms with Gasteiger partial charge >= 0.3 is 5.69 Å². The summed E-state index contributed by atoms with van der Waals surface area (Å²) >= 11 is 0. The predicted molar refractivity (Wildman–Crippen MR) is 74.7 cm³/mol. The summed E-state index contributed by atoms with van der Waals surface area (Å²) in [5, 5.41) is 13.0. The van der Waals surface area contributed by atoms with Crippen LogP contribution in [0.3, 0.4) is 0 Å². The van der Waals surface area contributed by atoms with E-state index in [1.807, 2.05) is 0 Å². The van der Waals surface area contributed by atoms with Crippen LogP contribution in [0.5, 0.6) is 5.75 Å². The first-order valence-electron chi connectivity index (χ1n) is 5.77. The first-order valence-corrected chi connectivity index (χ1v) is 5.77. The van der Waals surface area contributed by atoms with Crippen molar-refractivity contribution in [3.63, 3.8) is 0 Å². The second-order valence-electron chi connectivity index (χ2n) is 4.19. The van der Waals surface area contributed by atoms with Crippen molar-refractivity contribution in [1.29, 1.82) is 0 Å². The minimum Gasteiger partial charge on any atom is -0.490 e. The Balaban J connectivity index is 2.54. The Labute approximate surface area is 113 Å². The van der Waals surface area contributed by atoms with Gasteiger partial charge in [0, 0.05) is 5.39 Å². The maximum atomic E-state index is 11.3. The number of hydrogen-bond donors (Lipinski definition) is 1. The molecule has 7 nitrogen and oxygen atoms in total. The Morgan fingerprint density at radius 3 is 2.65 bits per heavy atom. The lowest BCUT2D eigenvalue weighted by Gasteiger charge is -2.08. The number of nitrogens with zero attached hydrogens (tertiary/aromatic N) is 3. The molecule has 0 saturated heterocycles. The van der Waals surface area contributed by atoms with Crippen molar-refractivity contribution in [3.8, 4) is 5.75 Å². The molecule has 0 bridgehead atoms. The van der Waals surface area contributed by atoms with Crippen molar-refractivity contribution < 1.29 is 9.66 Å². The highest BCUT2D eigenvalue weighted by atomic mass is 16.6. The third kappa shape index (κ3) is 1.60. The zero-order valence-corrected chi connectivity index (χ0v) is 10.5. The molecule has 1 heterocycles. The van der Waals surface area contributed by atoms with E-state index < -0.39 is 4.92 Å². The van der Waals surface area contributed by atoms with Crippen molar-refractivity contribution in [1.82, 2.24) is 9.97 Å². The molecule has 0 atom stereocenters. The van der Waals surface area contributed by atoms with Crippen molar-refractivity contribution >= 4 is 33.2 Å². The highest BCUT2D eigenvalue weighted by Crippen LogP contribution is 2.38. The van der Waals surface area contributed by atoms with Gasteiger partial charge in [-0.3, -0.25) is 10.1 Å². The summed E-state index contributed by atoms with van der Waals surface area (Å²) in [6, 6.07) is 6.60. The van der Waals surface area contributed by atoms with Gasteiger partial charge in [-0.25, -0.2) is 9.97 Å². The molecule has 0 fully saturated rings. The Morgan fingerprint density at radius 2 is 1.95 bits per heavy atom. The number of nitro groups is 1. The molecule has 7 heteroatoms. The lowest BCUT2D eigenvalue weighted by atomic mass is 10.0. The number of hydrogen-bond acceptors (Lipinski definition) is 6. The molecule has 0 saturated carbocycles. The minimum atomic E-state index is -0.465. The van der Waals surface area contributed by atoms with Gasteiger partial charge in [0.1, 0.15) is 12.1 Å². The van der Waals surface area contributed by atoms with Crippen LogP contribution in [-0.2, 0) is 0 Å². The number of anilines is 1. The van der Waals surface area contributed by atoms with Gasteiger partial charge in [0.15, 0.2) is 5.75 Å². The standard InChI is InChI=1S/C13H10N4O3/c1-20-10-5-3-7-8(12(10)17(18)19)2-4-9-11(7)13(14)16-6-15-9/h2-6H,1H3,(H2,14,15,16). The van der Waals surface area contributed by atoms with Crippen molar-refractivity contribution in [3.05, 3.63) is 40.7 Å². The van der Waals surface area contributed by atoms with Crippen LogP contribution in [0.1, 0.15) is 0 Å². The lowest BCUT2D eigenvalue weighted by Crippen LogP contribution is -1.97. The molecule has 0 aliphatic rings. The number of rotatable bonds is 2. The molecule has 1 aromatic heterocycles. The highest BCUT2D eigenvalue weighted by Gasteiger charge is 2.21. The molecule has 0 spiro atoms. The second-order valence-corrected chi connectivity index (χ2v) is 4.19. The average Bonchev–Trinajstić information content (AvgIpc) is 2.45. The summed E-state index contributed by atoms with van der Waals surface area (Å²) < 4.78 is 5.05. The van der Waals surface area contributed by atoms with Gasteiger partial charge in [-0.15, -0.1) is 0 Å². The summed E-state index contributed by atoms with van der Waals surface area (Å²) in [6.45, 7) is 0. The monoisotopic (exact) mass is 270 g/mol. The van der Waals surface area contributed by atoms with Crippen LogP contribution in [0, 0.1) is 10.1 Å². The predicted octanol–water partition coefficient (Wildman–Crippen LogP) is 2.28. The van der Waals surface area contributed by atoms with Gasteiger partial charge in [0.25, 0.3) is 0 Å². The smallest absolute Gasteiger partial charge is 0.318 e. The van der Waals surface area contributed by atoms with E-state index in [9.17, 15) is 10.1 Å². The molecule has 0 unspecified atom stereocenters. The topological polar surface area (TPSA) is 104 Å². The molecule has 3 aromatic rings. The largest absolute Gasteiger partial charge is 0.490 e. The van der Waals surface area contributed by atoms with E-state index >= 15 is 0 Å². The first kappa shape index (κ1) is 12.1. The average molecular weight is 270 g/mol. The van der Waals surface area contributed by atoms with Crippen molar-refractivity contribution in [2.24, 2.45) is 0 Å². The Morgan fingerprint density at radius 1 is 1.20 bits per heavy atom. The number of fused-ring (bicyclic) bond motifs is 3. The Kier molecular flexibility index (Phi) is 2.60. The summed E-state index contributed by atoms with van der Waals surface area (Å²) in [5.41, 5.74) is 6.42. The molecule has 0 amide bonds. The number of nitro benzene ring substituents is 1. The van der Waals surface area contributed by atoms with E-state index in [1.54, 1.807) is 24.3 Å². The third-order valence-corrected chi connectivity index (χ3v) is 3.17. The maximum Gasteiger partial charge on any atom is 0.318 e. The molecular formula is C13H10N4O3. The van der Waals surface area contributed by atoms with E-state index in [1.165, 1.54) is 13.4 Å². The van der Waals surface area contributed by atoms with Crippen LogP contribution in [0.15, 0.2) is 30.6 Å². The first-order chi connectivity index (χ1) is 9.63. The molecule has 100 valence electrons. The zero-order valence-electron chi connectivity index (χ0n) is 10.5. The van der Waals surface area contributed by atoms with Gasteiger partial charge in [-0.2, -0.15) is 0 Å². The van der Waals surface area contributed by atoms with E-state index in [0.29, 0.717) is 27.5 Å². The van der Waals surface area contributed by atoms with Gasteiger partial charge < -0.3 is 10.5 Å². The molecular weight excluding hydrogens is 260 g/mol. The van der Waals surface area contributed by atoms with Gasteiger partial charge in [0.05, 0.1) is 28.3 Å². The van der Waals surface area contributed by atoms with Crippen LogP contribution in [-0.4, -0.2) is 22.0 Å². The zero-order chi connectivity index (χ0) is 14.3. The second kappa shape index (κ2) is 4.30. The molecule has 2 N–H and O–H groups in total. The van der Waals surface area contributed by atoms with Crippen LogP contribution < -0.4 is 10.5 Å². The quantitative estimate of drug-likeness (QED) is 0.435. The maximum absolute atomic E-state index is 11.3. The van der Waals surface area contributed by atoms with E-state index in [4.69, 9.17) is 10.5 Å². The Hall–Kier alpha value is -2.96. The molecule has 2 aromatic carbocycles. The number of nitrogens with two attached hydrogens (primary N) is 1. The minimum absolute atomic E-state index is 0.0878. The van der Waals surface area contributed by atoms with Crippen LogP contribution in [0.2, 0.25) is 0 Å². The van der Waals surface area contributed by atoms with Crippen LogP contribution in [0.25, 0.3) is 21.7 Å². The fourth-order valence-electron chi connectivity index (χ4n) is 2.31. The fourth-order valence-corrected chi connectivity index (χ4v) is 2.31. The van der Waals surface area contributed by atoms with Gasteiger partial charge in [-0.05, 0) is 24.3 Å². The molecule has 20 heavy (non-hydrogen) atoms. The summed E-state index contributed by atoms with van der Waals surface area (Å²) in [4.78, 5) is 18.9. The summed E-state index contributed by atoms with van der Waals surface area (Å²) in [5.74, 6) is 0.498. The number of methoxy groups -OCH3 is 1. The normalized spacial score (nSPS) is 10.8. The van der Waals surface area contributed by atoms with E-state index in [0.717, 1.165) is 0 Å². The number of aromatic nitrogens is 2. The molecule has 0 aliphatic carbocycles.